The Kier molecular flexibility index (Phi) is 4.14. The maximum absolute atomic E-state index is 12.4. The average Bonchev–Trinajstić information content (AvgIpc) is 3.34. The molecule has 4 rings (SSSR count). The molecule has 2 aliphatic rings. The molecule has 2 heterocycles. The maximum Gasteiger partial charge on any atom is 0.311 e. The minimum Gasteiger partial charge on any atom is -0.489 e. The smallest absolute Gasteiger partial charge is 0.311 e. The SMILES string of the molecule is O=C(c1nnc(C2CC2)o1)N1CCC(Oc2ccccc2Cl)CC1. The molecule has 0 N–H and O–H groups in total. The number of aromatic nitrogens is 2. The average molecular weight is 348 g/mol. The van der Waals surface area contributed by atoms with Gasteiger partial charge in [0, 0.05) is 31.8 Å². The highest BCUT2D eigenvalue weighted by molar-refractivity contribution is 6.32. The van der Waals surface area contributed by atoms with E-state index in [1.165, 1.54) is 0 Å². The molecule has 1 amide bonds. The van der Waals surface area contributed by atoms with Gasteiger partial charge in [-0.05, 0) is 25.0 Å². The van der Waals surface area contributed by atoms with Crippen molar-refractivity contribution in [3.05, 3.63) is 41.1 Å². The zero-order valence-corrected chi connectivity index (χ0v) is 13.9. The van der Waals surface area contributed by atoms with Crippen molar-refractivity contribution in [1.29, 1.82) is 0 Å². The van der Waals surface area contributed by atoms with Gasteiger partial charge in [0.25, 0.3) is 0 Å². The van der Waals surface area contributed by atoms with E-state index in [1.54, 1.807) is 4.90 Å². The first-order chi connectivity index (χ1) is 11.7. The summed E-state index contributed by atoms with van der Waals surface area (Å²) in [5.41, 5.74) is 0. The van der Waals surface area contributed by atoms with Gasteiger partial charge >= 0.3 is 11.8 Å². The molecular weight excluding hydrogens is 330 g/mol. The van der Waals surface area contributed by atoms with Crippen LogP contribution in [-0.4, -0.2) is 40.2 Å². The summed E-state index contributed by atoms with van der Waals surface area (Å²) in [7, 11) is 0. The molecule has 2 aromatic rings. The van der Waals surface area contributed by atoms with Crippen molar-refractivity contribution in [2.75, 3.05) is 13.1 Å². The van der Waals surface area contributed by atoms with Gasteiger partial charge in [0.05, 0.1) is 5.02 Å². The molecule has 126 valence electrons. The number of nitrogens with zero attached hydrogens (tertiary/aromatic N) is 3. The van der Waals surface area contributed by atoms with Gasteiger partial charge in [-0.1, -0.05) is 23.7 Å². The Hall–Kier alpha value is -2.08. The standard InChI is InChI=1S/C17H18ClN3O3/c18-13-3-1-2-4-14(13)23-12-7-9-21(10-8-12)17(22)16-20-19-15(24-16)11-5-6-11/h1-4,11-12H,5-10H2. The largest absolute Gasteiger partial charge is 0.489 e. The highest BCUT2D eigenvalue weighted by Crippen LogP contribution is 2.39. The van der Waals surface area contributed by atoms with Gasteiger partial charge in [-0.15, -0.1) is 10.2 Å². The van der Waals surface area contributed by atoms with Crippen LogP contribution in [0.1, 0.15) is 48.2 Å². The molecule has 1 aromatic heterocycles. The molecule has 6 nitrogen and oxygen atoms in total. The molecule has 1 aromatic carbocycles. The quantitative estimate of drug-likeness (QED) is 0.849. The monoisotopic (exact) mass is 347 g/mol. The fourth-order valence-corrected chi connectivity index (χ4v) is 3.03. The first-order valence-corrected chi connectivity index (χ1v) is 8.62. The summed E-state index contributed by atoms with van der Waals surface area (Å²) in [6, 6.07) is 7.43. The van der Waals surface area contributed by atoms with Crippen molar-refractivity contribution in [3.63, 3.8) is 0 Å². The summed E-state index contributed by atoms with van der Waals surface area (Å²) < 4.78 is 11.4. The van der Waals surface area contributed by atoms with Crippen LogP contribution in [0.15, 0.2) is 28.7 Å². The Balaban J connectivity index is 1.33. The lowest BCUT2D eigenvalue weighted by Crippen LogP contribution is -2.42. The number of carbonyl (C=O) groups excluding carboxylic acids is 1. The lowest BCUT2D eigenvalue weighted by molar-refractivity contribution is 0.0558. The highest BCUT2D eigenvalue weighted by atomic mass is 35.5. The topological polar surface area (TPSA) is 68.5 Å². The van der Waals surface area contributed by atoms with E-state index in [9.17, 15) is 4.79 Å². The molecule has 1 saturated heterocycles. The van der Waals surface area contributed by atoms with Crippen LogP contribution in [-0.2, 0) is 0 Å². The first kappa shape index (κ1) is 15.4. The van der Waals surface area contributed by atoms with E-state index in [0.717, 1.165) is 25.7 Å². The van der Waals surface area contributed by atoms with Crippen molar-refractivity contribution in [2.24, 2.45) is 0 Å². The number of benzene rings is 1. The van der Waals surface area contributed by atoms with Crippen LogP contribution >= 0.6 is 11.6 Å². The number of hydrogen-bond donors (Lipinski definition) is 0. The van der Waals surface area contributed by atoms with E-state index in [4.69, 9.17) is 20.8 Å². The van der Waals surface area contributed by atoms with Gasteiger partial charge in [0.1, 0.15) is 11.9 Å². The molecular formula is C17H18ClN3O3. The molecule has 2 fully saturated rings. The fourth-order valence-electron chi connectivity index (χ4n) is 2.85. The van der Waals surface area contributed by atoms with E-state index in [2.05, 4.69) is 10.2 Å². The first-order valence-electron chi connectivity index (χ1n) is 8.24. The van der Waals surface area contributed by atoms with Crippen LogP contribution in [0.25, 0.3) is 0 Å². The molecule has 0 bridgehead atoms. The van der Waals surface area contributed by atoms with Gasteiger partial charge in [-0.2, -0.15) is 0 Å². The molecule has 0 radical (unpaired) electrons. The third kappa shape index (κ3) is 3.24. The zero-order valence-electron chi connectivity index (χ0n) is 13.2. The Labute approximate surface area is 144 Å². The van der Waals surface area contributed by atoms with E-state index in [-0.39, 0.29) is 17.9 Å². The van der Waals surface area contributed by atoms with Crippen molar-refractivity contribution >= 4 is 17.5 Å². The number of piperidine rings is 1. The second kappa shape index (κ2) is 6.43. The van der Waals surface area contributed by atoms with Crippen molar-refractivity contribution in [1.82, 2.24) is 15.1 Å². The third-order valence-electron chi connectivity index (χ3n) is 4.41. The van der Waals surface area contributed by atoms with Gasteiger partial charge in [-0.25, -0.2) is 0 Å². The van der Waals surface area contributed by atoms with E-state index < -0.39 is 0 Å². The predicted octanol–water partition coefficient (Wildman–Crippen LogP) is 3.28. The summed E-state index contributed by atoms with van der Waals surface area (Å²) in [6.45, 7) is 1.21. The van der Waals surface area contributed by atoms with Gasteiger partial charge in [0.2, 0.25) is 5.89 Å². The van der Waals surface area contributed by atoms with E-state index in [1.807, 2.05) is 24.3 Å². The number of para-hydroxylation sites is 1. The second-order valence-corrected chi connectivity index (χ2v) is 6.67. The molecule has 1 saturated carbocycles. The molecule has 0 atom stereocenters. The number of hydrogen-bond acceptors (Lipinski definition) is 5. The molecule has 0 spiro atoms. The predicted molar refractivity (Wildman–Crippen MR) is 87.3 cm³/mol. The minimum atomic E-state index is -0.189. The molecule has 1 aliphatic heterocycles. The Morgan fingerprint density at radius 1 is 1.17 bits per heavy atom. The number of likely N-dealkylation sites (tertiary alicyclic amines) is 1. The lowest BCUT2D eigenvalue weighted by atomic mass is 10.1. The fraction of sp³-hybridized carbons (Fsp3) is 0.471. The molecule has 24 heavy (non-hydrogen) atoms. The van der Waals surface area contributed by atoms with Crippen molar-refractivity contribution in [3.8, 4) is 5.75 Å². The van der Waals surface area contributed by atoms with Crippen LogP contribution < -0.4 is 4.74 Å². The number of ether oxygens (including phenoxy) is 1. The summed E-state index contributed by atoms with van der Waals surface area (Å²) in [5, 5.41) is 8.47. The summed E-state index contributed by atoms with van der Waals surface area (Å²) in [6.07, 6.45) is 3.70. The normalized spacial score (nSPS) is 18.6. The van der Waals surface area contributed by atoms with Crippen LogP contribution in [0.3, 0.4) is 0 Å². The molecule has 1 aliphatic carbocycles. The zero-order chi connectivity index (χ0) is 16.5. The third-order valence-corrected chi connectivity index (χ3v) is 4.72. The van der Waals surface area contributed by atoms with E-state index in [0.29, 0.717) is 35.7 Å². The number of carbonyl (C=O) groups is 1. The summed E-state index contributed by atoms with van der Waals surface area (Å²) in [4.78, 5) is 14.2. The van der Waals surface area contributed by atoms with Crippen LogP contribution in [0.5, 0.6) is 5.75 Å². The van der Waals surface area contributed by atoms with Gasteiger partial charge in [-0.3, -0.25) is 4.79 Å². The molecule has 0 unspecified atom stereocenters. The van der Waals surface area contributed by atoms with Crippen molar-refractivity contribution in [2.45, 2.75) is 37.7 Å². The van der Waals surface area contributed by atoms with Gasteiger partial charge < -0.3 is 14.1 Å². The number of halogens is 1. The highest BCUT2D eigenvalue weighted by Gasteiger charge is 2.32. The molecule has 7 heteroatoms. The Morgan fingerprint density at radius 3 is 2.62 bits per heavy atom. The Bertz CT molecular complexity index is 736. The number of amides is 1. The van der Waals surface area contributed by atoms with Gasteiger partial charge in [0.15, 0.2) is 0 Å². The number of rotatable bonds is 4. The summed E-state index contributed by atoms with van der Waals surface area (Å²) >= 11 is 6.12. The van der Waals surface area contributed by atoms with Crippen LogP contribution in [0, 0.1) is 0 Å². The second-order valence-electron chi connectivity index (χ2n) is 6.26. The summed E-state index contributed by atoms with van der Waals surface area (Å²) in [5.74, 6) is 1.55. The van der Waals surface area contributed by atoms with E-state index >= 15 is 0 Å². The van der Waals surface area contributed by atoms with Crippen LogP contribution in [0.4, 0.5) is 0 Å². The van der Waals surface area contributed by atoms with Crippen molar-refractivity contribution < 1.29 is 13.9 Å². The van der Waals surface area contributed by atoms with Crippen LogP contribution in [0.2, 0.25) is 5.02 Å². The Morgan fingerprint density at radius 2 is 1.92 bits per heavy atom. The lowest BCUT2D eigenvalue weighted by Gasteiger charge is -2.31. The minimum absolute atomic E-state index is 0.0543. The maximum atomic E-state index is 12.4.